The summed E-state index contributed by atoms with van der Waals surface area (Å²) in [4.78, 5) is 7.76. The molecule has 1 heterocycles. The molecule has 1 aromatic heterocycles. The van der Waals surface area contributed by atoms with Crippen molar-refractivity contribution in [1.29, 1.82) is 0 Å². The largest absolute Gasteiger partial charge is 0.507 e. The Labute approximate surface area is 154 Å². The lowest BCUT2D eigenvalue weighted by Crippen LogP contribution is -2.46. The van der Waals surface area contributed by atoms with Crippen molar-refractivity contribution in [2.75, 3.05) is 0 Å². The number of amidine groups is 1. The fraction of sp³-hybridized carbons (Fsp3) is 0. The Hall–Kier alpha value is -3.31. The first-order valence-corrected chi connectivity index (χ1v) is 8.37. The molecule has 0 aliphatic heterocycles. The summed E-state index contributed by atoms with van der Waals surface area (Å²) in [6.45, 7) is 0. The van der Waals surface area contributed by atoms with Gasteiger partial charge in [-0.3, -0.25) is 11.1 Å². The van der Waals surface area contributed by atoms with Crippen LogP contribution in [0.3, 0.4) is 0 Å². The summed E-state index contributed by atoms with van der Waals surface area (Å²) >= 11 is 6.21. The lowest BCUT2D eigenvalue weighted by molar-refractivity contribution is -0.114. The molecule has 4 rings (SSSR count). The first-order valence-electron chi connectivity index (χ1n) is 8.00. The number of hydrogen-bond acceptors (Lipinski definition) is 2. The lowest BCUT2D eigenvalue weighted by Gasteiger charge is -2.08. The van der Waals surface area contributed by atoms with Gasteiger partial charge in [-0.1, -0.05) is 54.1 Å². The summed E-state index contributed by atoms with van der Waals surface area (Å²) in [5.41, 5.74) is 9.87. The Morgan fingerprint density at radius 1 is 1.04 bits per heavy atom. The van der Waals surface area contributed by atoms with Crippen LogP contribution in [0.4, 0.5) is 0 Å². The van der Waals surface area contributed by atoms with Gasteiger partial charge in [0.15, 0.2) is 0 Å². The van der Waals surface area contributed by atoms with Crippen LogP contribution >= 0.6 is 11.6 Å². The maximum atomic E-state index is 10.8. The molecular formula is C20H16ClN4O+. The van der Waals surface area contributed by atoms with Gasteiger partial charge in [-0.15, -0.1) is 0 Å². The molecule has 4 aromatic rings. The number of aromatic hydroxyl groups is 1. The van der Waals surface area contributed by atoms with Crippen LogP contribution < -0.4 is 11.1 Å². The van der Waals surface area contributed by atoms with E-state index in [2.05, 4.69) is 9.97 Å². The zero-order valence-corrected chi connectivity index (χ0v) is 14.5. The quantitative estimate of drug-likeness (QED) is 0.332. The number of halogens is 1. The molecule has 6 N–H and O–H groups in total. The third-order valence-electron chi connectivity index (χ3n) is 4.26. The van der Waals surface area contributed by atoms with Crippen molar-refractivity contribution in [3.63, 3.8) is 0 Å². The van der Waals surface area contributed by atoms with Gasteiger partial charge in [0.2, 0.25) is 0 Å². The van der Waals surface area contributed by atoms with E-state index in [9.17, 15) is 5.11 Å². The minimum Gasteiger partial charge on any atom is -0.507 e. The smallest absolute Gasteiger partial charge is 0.272 e. The van der Waals surface area contributed by atoms with Crippen LogP contribution in [0.15, 0.2) is 60.7 Å². The predicted octanol–water partition coefficient (Wildman–Crippen LogP) is 2.72. The molecule has 0 atom stereocenters. The summed E-state index contributed by atoms with van der Waals surface area (Å²) in [6.07, 6.45) is 0. The number of nitrogens with two attached hydrogens (primary N) is 2. The summed E-state index contributed by atoms with van der Waals surface area (Å²) in [7, 11) is 0. The normalized spacial score (nSPS) is 11.0. The molecule has 0 saturated carbocycles. The van der Waals surface area contributed by atoms with Crippen LogP contribution in [-0.2, 0) is 0 Å². The maximum Gasteiger partial charge on any atom is 0.272 e. The first kappa shape index (κ1) is 16.2. The van der Waals surface area contributed by atoms with Gasteiger partial charge < -0.3 is 10.1 Å². The number of aromatic amines is 1. The molecule has 0 spiro atoms. The number of rotatable bonds is 3. The molecule has 0 bridgehead atoms. The minimum absolute atomic E-state index is 0.135. The summed E-state index contributed by atoms with van der Waals surface area (Å²) in [6, 6.07) is 18.7. The molecular weight excluding hydrogens is 348 g/mol. The van der Waals surface area contributed by atoms with E-state index in [0.717, 1.165) is 16.6 Å². The standard InChI is InChI=1S/C20H15ClN4O/c21-15-10-17-16(9-14(15)19(22)23)24-20(25-17)13-8-4-7-12(18(13)26)11-5-2-1-3-6-11/h1-10,26H,(H3,22,23)(H,24,25)/p+1. The molecule has 0 unspecified atom stereocenters. The Morgan fingerprint density at radius 3 is 2.50 bits per heavy atom. The lowest BCUT2D eigenvalue weighted by atomic mass is 10.0. The third-order valence-corrected chi connectivity index (χ3v) is 4.57. The third kappa shape index (κ3) is 2.68. The van der Waals surface area contributed by atoms with Gasteiger partial charge in [0.25, 0.3) is 5.84 Å². The van der Waals surface area contributed by atoms with E-state index in [-0.39, 0.29) is 11.6 Å². The Bertz CT molecular complexity index is 1140. The molecule has 6 heteroatoms. The van der Waals surface area contributed by atoms with E-state index in [0.29, 0.717) is 27.5 Å². The van der Waals surface area contributed by atoms with Crippen molar-refractivity contribution < 1.29 is 10.5 Å². The van der Waals surface area contributed by atoms with Gasteiger partial charge in [0.05, 0.1) is 27.2 Å². The van der Waals surface area contributed by atoms with Crippen molar-refractivity contribution in [2.24, 2.45) is 5.73 Å². The van der Waals surface area contributed by atoms with E-state index in [1.807, 2.05) is 48.5 Å². The average Bonchev–Trinajstić information content (AvgIpc) is 3.04. The number of H-pyrrole nitrogens is 1. The van der Waals surface area contributed by atoms with Gasteiger partial charge in [0.1, 0.15) is 11.6 Å². The SMILES string of the molecule is NC(=[NH2+])c1cc2nc(-c3cccc(-c4ccccc4)c3O)[nH]c2cc1Cl. The number of fused-ring (bicyclic) bond motifs is 1. The van der Waals surface area contributed by atoms with Crippen LogP contribution in [0.5, 0.6) is 5.75 Å². The van der Waals surface area contributed by atoms with Gasteiger partial charge in [0, 0.05) is 5.56 Å². The number of nitrogens with zero attached hydrogens (tertiary/aromatic N) is 1. The fourth-order valence-corrected chi connectivity index (χ4v) is 3.24. The van der Waals surface area contributed by atoms with Crippen molar-refractivity contribution in [3.05, 3.63) is 71.2 Å². The average molecular weight is 364 g/mol. The number of phenolic OH excluding ortho intramolecular Hbond substituents is 1. The number of imidazole rings is 1. The highest BCUT2D eigenvalue weighted by molar-refractivity contribution is 6.34. The van der Waals surface area contributed by atoms with E-state index < -0.39 is 0 Å². The zero-order chi connectivity index (χ0) is 18.3. The van der Waals surface area contributed by atoms with Gasteiger partial charge >= 0.3 is 0 Å². The summed E-state index contributed by atoms with van der Waals surface area (Å²) in [5, 5.41) is 16.9. The fourth-order valence-electron chi connectivity index (χ4n) is 2.96. The molecule has 0 saturated heterocycles. The first-order chi connectivity index (χ1) is 12.5. The van der Waals surface area contributed by atoms with E-state index in [1.54, 1.807) is 12.1 Å². The van der Waals surface area contributed by atoms with Crippen LogP contribution in [0.1, 0.15) is 5.56 Å². The number of nitrogens with one attached hydrogen (secondary N) is 1. The highest BCUT2D eigenvalue weighted by atomic mass is 35.5. The molecule has 128 valence electrons. The molecule has 26 heavy (non-hydrogen) atoms. The monoisotopic (exact) mass is 363 g/mol. The van der Waals surface area contributed by atoms with E-state index in [1.165, 1.54) is 0 Å². The topological polar surface area (TPSA) is 101 Å². The number of aromatic nitrogens is 2. The Morgan fingerprint density at radius 2 is 1.77 bits per heavy atom. The highest BCUT2D eigenvalue weighted by Gasteiger charge is 2.16. The molecule has 0 amide bonds. The van der Waals surface area contributed by atoms with Crippen LogP contribution in [-0.4, -0.2) is 20.9 Å². The van der Waals surface area contributed by atoms with Gasteiger partial charge in [-0.2, -0.15) is 0 Å². The van der Waals surface area contributed by atoms with Crippen molar-refractivity contribution in [3.8, 4) is 28.3 Å². The van der Waals surface area contributed by atoms with Crippen LogP contribution in [0, 0.1) is 0 Å². The zero-order valence-electron chi connectivity index (χ0n) is 13.7. The minimum atomic E-state index is 0.135. The molecule has 0 fully saturated rings. The van der Waals surface area contributed by atoms with Gasteiger partial charge in [-0.25, -0.2) is 4.98 Å². The number of benzene rings is 3. The van der Waals surface area contributed by atoms with E-state index in [4.69, 9.17) is 22.7 Å². The summed E-state index contributed by atoms with van der Waals surface area (Å²) < 4.78 is 0. The second kappa shape index (κ2) is 6.20. The number of hydrogen-bond donors (Lipinski definition) is 4. The van der Waals surface area contributed by atoms with Crippen LogP contribution in [0.2, 0.25) is 5.02 Å². The maximum absolute atomic E-state index is 10.8. The Balaban J connectivity index is 1.87. The molecule has 5 nitrogen and oxygen atoms in total. The number of para-hydroxylation sites is 1. The van der Waals surface area contributed by atoms with Crippen molar-refractivity contribution >= 4 is 28.5 Å². The van der Waals surface area contributed by atoms with Crippen molar-refractivity contribution in [1.82, 2.24) is 9.97 Å². The summed E-state index contributed by atoms with van der Waals surface area (Å²) in [5.74, 6) is 0.837. The molecule has 0 radical (unpaired) electrons. The molecule has 3 aromatic carbocycles. The Kier molecular flexibility index (Phi) is 3.86. The van der Waals surface area contributed by atoms with E-state index >= 15 is 0 Å². The molecule has 0 aliphatic carbocycles. The predicted molar refractivity (Wildman–Crippen MR) is 104 cm³/mol. The highest BCUT2D eigenvalue weighted by Crippen LogP contribution is 2.37. The number of phenols is 1. The van der Waals surface area contributed by atoms with Gasteiger partial charge in [-0.05, 0) is 23.8 Å². The van der Waals surface area contributed by atoms with Crippen LogP contribution in [0.25, 0.3) is 33.5 Å². The second-order valence-electron chi connectivity index (χ2n) is 5.96. The molecule has 0 aliphatic rings. The second-order valence-corrected chi connectivity index (χ2v) is 6.36. The van der Waals surface area contributed by atoms with Crippen molar-refractivity contribution in [2.45, 2.75) is 0 Å².